The second-order valence-electron chi connectivity index (χ2n) is 3.70. The summed E-state index contributed by atoms with van der Waals surface area (Å²) in [7, 11) is 0. The van der Waals surface area contributed by atoms with E-state index < -0.39 is 0 Å². The van der Waals surface area contributed by atoms with E-state index in [0.717, 1.165) is 38.3 Å². The van der Waals surface area contributed by atoms with Crippen molar-refractivity contribution in [1.82, 2.24) is 25.5 Å². The van der Waals surface area contributed by atoms with Crippen LogP contribution < -0.4 is 5.32 Å². The van der Waals surface area contributed by atoms with Gasteiger partial charge in [-0.05, 0) is 29.8 Å². The molecule has 0 unspecified atom stereocenters. The maximum Gasteiger partial charge on any atom is 0.165 e. The molecule has 0 bridgehead atoms. The highest BCUT2D eigenvalue weighted by Gasteiger charge is 2.03. The summed E-state index contributed by atoms with van der Waals surface area (Å²) < 4.78 is 1.90. The fourth-order valence-electron chi connectivity index (χ4n) is 1.41. The molecule has 0 aliphatic carbocycles. The van der Waals surface area contributed by atoms with Crippen LogP contribution in [0.4, 0.5) is 0 Å². The van der Waals surface area contributed by atoms with Crippen LogP contribution in [0.5, 0.6) is 0 Å². The molecule has 1 rings (SSSR count). The molecule has 0 saturated heterocycles. The van der Waals surface area contributed by atoms with Crippen molar-refractivity contribution < 1.29 is 0 Å². The van der Waals surface area contributed by atoms with Crippen LogP contribution in [0, 0.1) is 0 Å². The Labute approximate surface area is 91.2 Å². The second kappa shape index (κ2) is 7.34. The molecule has 0 aliphatic heterocycles. The van der Waals surface area contributed by atoms with Crippen LogP contribution in [0.15, 0.2) is 0 Å². The van der Waals surface area contributed by atoms with Gasteiger partial charge in [0.15, 0.2) is 5.82 Å². The SMILES string of the molecule is CCCCCn1nnnc1CNCCC. The van der Waals surface area contributed by atoms with Gasteiger partial charge < -0.3 is 5.32 Å². The molecule has 0 spiro atoms. The average Bonchev–Trinajstić information content (AvgIpc) is 2.67. The largest absolute Gasteiger partial charge is 0.310 e. The minimum atomic E-state index is 0.771. The second-order valence-corrected chi connectivity index (χ2v) is 3.70. The smallest absolute Gasteiger partial charge is 0.165 e. The van der Waals surface area contributed by atoms with E-state index in [0.29, 0.717) is 0 Å². The Balaban J connectivity index is 2.32. The summed E-state index contributed by atoms with van der Waals surface area (Å²) in [4.78, 5) is 0. The predicted octanol–water partition coefficient (Wildman–Crippen LogP) is 1.36. The molecule has 1 aromatic rings. The molecule has 0 saturated carbocycles. The summed E-state index contributed by atoms with van der Waals surface area (Å²) >= 11 is 0. The first-order valence-corrected chi connectivity index (χ1v) is 5.84. The number of aryl methyl sites for hydroxylation is 1. The lowest BCUT2D eigenvalue weighted by Crippen LogP contribution is -2.18. The average molecular weight is 211 g/mol. The fourth-order valence-corrected chi connectivity index (χ4v) is 1.41. The zero-order valence-corrected chi connectivity index (χ0v) is 9.74. The van der Waals surface area contributed by atoms with Crippen LogP contribution in [-0.2, 0) is 13.1 Å². The Morgan fingerprint density at radius 2 is 2.07 bits per heavy atom. The first-order valence-electron chi connectivity index (χ1n) is 5.84. The van der Waals surface area contributed by atoms with Crippen LogP contribution in [-0.4, -0.2) is 26.8 Å². The van der Waals surface area contributed by atoms with Gasteiger partial charge in [-0.3, -0.25) is 0 Å². The summed E-state index contributed by atoms with van der Waals surface area (Å²) in [6, 6.07) is 0. The lowest BCUT2D eigenvalue weighted by molar-refractivity contribution is 0.506. The molecule has 15 heavy (non-hydrogen) atoms. The number of tetrazole rings is 1. The third kappa shape index (κ3) is 4.38. The van der Waals surface area contributed by atoms with Gasteiger partial charge in [0.1, 0.15) is 0 Å². The van der Waals surface area contributed by atoms with E-state index in [1.54, 1.807) is 0 Å². The molecule has 5 heteroatoms. The van der Waals surface area contributed by atoms with Gasteiger partial charge in [0.25, 0.3) is 0 Å². The van der Waals surface area contributed by atoms with Crippen molar-refractivity contribution in [1.29, 1.82) is 0 Å². The topological polar surface area (TPSA) is 55.6 Å². The summed E-state index contributed by atoms with van der Waals surface area (Å²) in [5.41, 5.74) is 0. The Hall–Kier alpha value is -0.970. The number of aromatic nitrogens is 4. The molecule has 0 atom stereocenters. The third-order valence-corrected chi connectivity index (χ3v) is 2.29. The predicted molar refractivity (Wildman–Crippen MR) is 59.3 cm³/mol. The summed E-state index contributed by atoms with van der Waals surface area (Å²) in [6.45, 7) is 7.07. The van der Waals surface area contributed by atoms with Crippen LogP contribution in [0.3, 0.4) is 0 Å². The Kier molecular flexibility index (Phi) is 5.92. The number of nitrogens with one attached hydrogen (secondary N) is 1. The van der Waals surface area contributed by atoms with Crippen molar-refractivity contribution >= 4 is 0 Å². The zero-order chi connectivity index (χ0) is 10.9. The first kappa shape index (κ1) is 12.1. The molecule has 0 aliphatic rings. The number of hydrogen-bond donors (Lipinski definition) is 1. The van der Waals surface area contributed by atoms with Crippen LogP contribution in [0.2, 0.25) is 0 Å². The van der Waals surface area contributed by atoms with Gasteiger partial charge in [-0.2, -0.15) is 0 Å². The summed E-state index contributed by atoms with van der Waals surface area (Å²) in [5, 5.41) is 15.0. The molecular formula is C10H21N5. The highest BCUT2D eigenvalue weighted by atomic mass is 15.5. The van der Waals surface area contributed by atoms with E-state index in [-0.39, 0.29) is 0 Å². The summed E-state index contributed by atoms with van der Waals surface area (Å²) in [6.07, 6.45) is 4.76. The van der Waals surface area contributed by atoms with Crippen molar-refractivity contribution in [2.75, 3.05) is 6.54 Å². The number of rotatable bonds is 8. The Morgan fingerprint density at radius 1 is 1.20 bits per heavy atom. The van der Waals surface area contributed by atoms with Crippen molar-refractivity contribution in [2.24, 2.45) is 0 Å². The van der Waals surface area contributed by atoms with Gasteiger partial charge in [-0.15, -0.1) is 5.10 Å². The highest BCUT2D eigenvalue weighted by molar-refractivity contribution is 4.79. The zero-order valence-electron chi connectivity index (χ0n) is 9.74. The molecule has 1 N–H and O–H groups in total. The lowest BCUT2D eigenvalue weighted by atomic mass is 10.2. The van der Waals surface area contributed by atoms with Crippen molar-refractivity contribution in [3.63, 3.8) is 0 Å². The molecule has 5 nitrogen and oxygen atoms in total. The standard InChI is InChI=1S/C10H21N5/c1-3-5-6-8-15-10(12-13-14-15)9-11-7-4-2/h11H,3-9H2,1-2H3. The number of unbranched alkanes of at least 4 members (excludes halogenated alkanes) is 2. The fraction of sp³-hybridized carbons (Fsp3) is 0.900. The molecule has 0 fully saturated rings. The van der Waals surface area contributed by atoms with Crippen LogP contribution in [0.25, 0.3) is 0 Å². The van der Waals surface area contributed by atoms with E-state index in [1.165, 1.54) is 12.8 Å². The van der Waals surface area contributed by atoms with Crippen LogP contribution in [0.1, 0.15) is 45.4 Å². The van der Waals surface area contributed by atoms with Gasteiger partial charge in [-0.1, -0.05) is 26.7 Å². The van der Waals surface area contributed by atoms with E-state index in [1.807, 2.05) is 4.68 Å². The maximum atomic E-state index is 4.01. The normalized spacial score (nSPS) is 10.8. The molecule has 1 aromatic heterocycles. The van der Waals surface area contributed by atoms with Gasteiger partial charge in [0, 0.05) is 6.54 Å². The van der Waals surface area contributed by atoms with E-state index in [9.17, 15) is 0 Å². The first-order chi connectivity index (χ1) is 7.38. The molecule has 86 valence electrons. The van der Waals surface area contributed by atoms with Gasteiger partial charge >= 0.3 is 0 Å². The molecular weight excluding hydrogens is 190 g/mol. The molecule has 0 radical (unpaired) electrons. The maximum absolute atomic E-state index is 4.01. The van der Waals surface area contributed by atoms with E-state index in [2.05, 4.69) is 34.7 Å². The molecule has 1 heterocycles. The molecule has 0 amide bonds. The van der Waals surface area contributed by atoms with E-state index >= 15 is 0 Å². The van der Waals surface area contributed by atoms with Gasteiger partial charge in [-0.25, -0.2) is 4.68 Å². The number of nitrogens with zero attached hydrogens (tertiary/aromatic N) is 4. The molecule has 0 aromatic carbocycles. The quantitative estimate of drug-likeness (QED) is 0.660. The van der Waals surface area contributed by atoms with Crippen LogP contribution >= 0.6 is 0 Å². The third-order valence-electron chi connectivity index (χ3n) is 2.29. The van der Waals surface area contributed by atoms with Crippen molar-refractivity contribution in [2.45, 2.75) is 52.6 Å². The summed E-state index contributed by atoms with van der Waals surface area (Å²) in [5.74, 6) is 0.944. The minimum absolute atomic E-state index is 0.771. The Bertz CT molecular complexity index is 234. The lowest BCUT2D eigenvalue weighted by Gasteiger charge is -2.04. The number of hydrogen-bond acceptors (Lipinski definition) is 4. The van der Waals surface area contributed by atoms with Crippen molar-refractivity contribution in [3.8, 4) is 0 Å². The van der Waals surface area contributed by atoms with Crippen molar-refractivity contribution in [3.05, 3.63) is 5.82 Å². The highest BCUT2D eigenvalue weighted by Crippen LogP contribution is 1.99. The van der Waals surface area contributed by atoms with Gasteiger partial charge in [0.05, 0.1) is 6.54 Å². The minimum Gasteiger partial charge on any atom is -0.310 e. The Morgan fingerprint density at radius 3 is 2.80 bits per heavy atom. The monoisotopic (exact) mass is 211 g/mol. The van der Waals surface area contributed by atoms with Gasteiger partial charge in [0.2, 0.25) is 0 Å². The van der Waals surface area contributed by atoms with E-state index in [4.69, 9.17) is 0 Å².